The van der Waals surface area contributed by atoms with E-state index in [0.29, 0.717) is 0 Å². The second kappa shape index (κ2) is 4.06. The molecule has 2 nitrogen and oxygen atoms in total. The molecule has 0 amide bonds. The standard InChI is InChI=1S/C10H18N2/c1-2-8-12(7-1)9-5-10-4-3-6-11-10/h1-2,10-11H,3-9H2. The molecule has 0 spiro atoms. The first-order valence-electron chi connectivity index (χ1n) is 5.06. The van der Waals surface area contributed by atoms with Gasteiger partial charge < -0.3 is 5.32 Å². The molecule has 2 heterocycles. The molecule has 0 aromatic heterocycles. The van der Waals surface area contributed by atoms with E-state index in [0.717, 1.165) is 6.04 Å². The van der Waals surface area contributed by atoms with E-state index in [1.54, 1.807) is 0 Å². The van der Waals surface area contributed by atoms with Crippen LogP contribution in [0.4, 0.5) is 0 Å². The Hall–Kier alpha value is -0.340. The van der Waals surface area contributed by atoms with Crippen molar-refractivity contribution in [2.45, 2.75) is 25.3 Å². The summed E-state index contributed by atoms with van der Waals surface area (Å²) in [6.45, 7) is 4.85. The number of nitrogens with zero attached hydrogens (tertiary/aromatic N) is 1. The lowest BCUT2D eigenvalue weighted by atomic mass is 10.1. The van der Waals surface area contributed by atoms with Crippen LogP contribution < -0.4 is 5.32 Å². The average Bonchev–Trinajstić information content (AvgIpc) is 2.74. The lowest BCUT2D eigenvalue weighted by Gasteiger charge is -2.17. The molecule has 0 radical (unpaired) electrons. The Bertz CT molecular complexity index is 149. The van der Waals surface area contributed by atoms with Crippen molar-refractivity contribution in [2.24, 2.45) is 0 Å². The minimum Gasteiger partial charge on any atom is -0.314 e. The molecule has 12 heavy (non-hydrogen) atoms. The van der Waals surface area contributed by atoms with Gasteiger partial charge >= 0.3 is 0 Å². The molecule has 1 N–H and O–H groups in total. The summed E-state index contributed by atoms with van der Waals surface area (Å²) in [5.41, 5.74) is 0. The molecule has 2 aliphatic heterocycles. The molecule has 0 aromatic carbocycles. The second-order valence-electron chi connectivity index (χ2n) is 3.81. The summed E-state index contributed by atoms with van der Waals surface area (Å²) < 4.78 is 0. The molecule has 2 rings (SSSR count). The summed E-state index contributed by atoms with van der Waals surface area (Å²) in [5, 5.41) is 3.53. The van der Waals surface area contributed by atoms with Gasteiger partial charge in [-0.3, -0.25) is 4.90 Å². The van der Waals surface area contributed by atoms with Gasteiger partial charge in [0.15, 0.2) is 0 Å². The topological polar surface area (TPSA) is 15.3 Å². The van der Waals surface area contributed by atoms with Crippen LogP contribution in [0.15, 0.2) is 12.2 Å². The maximum atomic E-state index is 3.53. The quantitative estimate of drug-likeness (QED) is 0.629. The number of hydrogen-bond donors (Lipinski definition) is 1. The van der Waals surface area contributed by atoms with E-state index in [1.807, 2.05) is 0 Å². The van der Waals surface area contributed by atoms with Crippen LogP contribution in [0.1, 0.15) is 19.3 Å². The zero-order valence-electron chi connectivity index (χ0n) is 7.63. The van der Waals surface area contributed by atoms with Crippen molar-refractivity contribution in [1.82, 2.24) is 10.2 Å². The third kappa shape index (κ3) is 2.08. The van der Waals surface area contributed by atoms with Gasteiger partial charge in [-0.15, -0.1) is 0 Å². The summed E-state index contributed by atoms with van der Waals surface area (Å²) >= 11 is 0. The number of nitrogens with one attached hydrogen (secondary N) is 1. The molecule has 68 valence electrons. The molecule has 1 atom stereocenters. The van der Waals surface area contributed by atoms with E-state index in [2.05, 4.69) is 22.4 Å². The predicted molar refractivity (Wildman–Crippen MR) is 51.2 cm³/mol. The fourth-order valence-corrected chi connectivity index (χ4v) is 2.05. The first-order chi connectivity index (χ1) is 5.95. The molecular weight excluding hydrogens is 148 g/mol. The van der Waals surface area contributed by atoms with Gasteiger partial charge in [0.05, 0.1) is 0 Å². The highest BCUT2D eigenvalue weighted by molar-refractivity contribution is 4.95. The Morgan fingerprint density at radius 3 is 2.83 bits per heavy atom. The molecule has 1 saturated heterocycles. The molecule has 2 heteroatoms. The van der Waals surface area contributed by atoms with E-state index in [4.69, 9.17) is 0 Å². The Labute approximate surface area is 74.6 Å². The highest BCUT2D eigenvalue weighted by Crippen LogP contribution is 2.10. The first-order valence-corrected chi connectivity index (χ1v) is 5.06. The highest BCUT2D eigenvalue weighted by atomic mass is 15.1. The van der Waals surface area contributed by atoms with Crippen LogP contribution in [-0.2, 0) is 0 Å². The molecule has 0 aromatic rings. The normalized spacial score (nSPS) is 30.2. The number of rotatable bonds is 3. The van der Waals surface area contributed by atoms with Gasteiger partial charge in [0.25, 0.3) is 0 Å². The third-order valence-corrected chi connectivity index (χ3v) is 2.85. The molecule has 2 aliphatic rings. The van der Waals surface area contributed by atoms with Crippen molar-refractivity contribution in [3.05, 3.63) is 12.2 Å². The third-order valence-electron chi connectivity index (χ3n) is 2.85. The van der Waals surface area contributed by atoms with Gasteiger partial charge in [0.2, 0.25) is 0 Å². The van der Waals surface area contributed by atoms with Gasteiger partial charge in [0, 0.05) is 25.7 Å². The van der Waals surface area contributed by atoms with Crippen molar-refractivity contribution >= 4 is 0 Å². The fraction of sp³-hybridized carbons (Fsp3) is 0.800. The maximum Gasteiger partial charge on any atom is 0.0166 e. The van der Waals surface area contributed by atoms with Gasteiger partial charge in [0.1, 0.15) is 0 Å². The second-order valence-corrected chi connectivity index (χ2v) is 3.81. The largest absolute Gasteiger partial charge is 0.314 e. The maximum absolute atomic E-state index is 3.53. The van der Waals surface area contributed by atoms with Crippen LogP contribution >= 0.6 is 0 Å². The summed E-state index contributed by atoms with van der Waals surface area (Å²) in [6, 6.07) is 0.811. The Kier molecular flexibility index (Phi) is 2.79. The van der Waals surface area contributed by atoms with Gasteiger partial charge in [-0.25, -0.2) is 0 Å². The molecule has 0 bridgehead atoms. The summed E-state index contributed by atoms with van der Waals surface area (Å²) in [5.74, 6) is 0. The van der Waals surface area contributed by atoms with Crippen LogP contribution in [0.5, 0.6) is 0 Å². The smallest absolute Gasteiger partial charge is 0.0166 e. The van der Waals surface area contributed by atoms with Gasteiger partial charge in [-0.1, -0.05) is 12.2 Å². The van der Waals surface area contributed by atoms with E-state index < -0.39 is 0 Å². The lowest BCUT2D eigenvalue weighted by molar-refractivity contribution is 0.327. The zero-order chi connectivity index (χ0) is 8.23. The first kappa shape index (κ1) is 8.27. The number of hydrogen-bond acceptors (Lipinski definition) is 2. The van der Waals surface area contributed by atoms with Crippen LogP contribution in [-0.4, -0.2) is 37.1 Å². The van der Waals surface area contributed by atoms with Crippen molar-refractivity contribution in [2.75, 3.05) is 26.2 Å². The van der Waals surface area contributed by atoms with Crippen molar-refractivity contribution in [3.8, 4) is 0 Å². The predicted octanol–water partition coefficient (Wildman–Crippen LogP) is 1.00. The average molecular weight is 166 g/mol. The summed E-state index contributed by atoms with van der Waals surface area (Å²) in [7, 11) is 0. The fourth-order valence-electron chi connectivity index (χ4n) is 2.05. The van der Waals surface area contributed by atoms with Crippen LogP contribution in [0.25, 0.3) is 0 Å². The Morgan fingerprint density at radius 2 is 2.17 bits per heavy atom. The Morgan fingerprint density at radius 1 is 1.33 bits per heavy atom. The molecular formula is C10H18N2. The van der Waals surface area contributed by atoms with E-state index in [1.165, 1.54) is 45.4 Å². The van der Waals surface area contributed by atoms with Crippen LogP contribution in [0, 0.1) is 0 Å². The van der Waals surface area contributed by atoms with Gasteiger partial charge in [-0.2, -0.15) is 0 Å². The van der Waals surface area contributed by atoms with Crippen molar-refractivity contribution < 1.29 is 0 Å². The van der Waals surface area contributed by atoms with Gasteiger partial charge in [-0.05, 0) is 25.8 Å². The molecule has 1 fully saturated rings. The molecule has 1 unspecified atom stereocenters. The Balaban J connectivity index is 1.61. The van der Waals surface area contributed by atoms with Crippen LogP contribution in [0.2, 0.25) is 0 Å². The summed E-state index contributed by atoms with van der Waals surface area (Å²) in [4.78, 5) is 2.50. The minimum absolute atomic E-state index is 0.811. The summed E-state index contributed by atoms with van der Waals surface area (Å²) in [6.07, 6.45) is 8.63. The molecule has 0 saturated carbocycles. The van der Waals surface area contributed by atoms with E-state index in [-0.39, 0.29) is 0 Å². The monoisotopic (exact) mass is 166 g/mol. The van der Waals surface area contributed by atoms with E-state index in [9.17, 15) is 0 Å². The SMILES string of the molecule is C1=CCN(CCC2CCCN2)C1. The molecule has 0 aliphatic carbocycles. The highest BCUT2D eigenvalue weighted by Gasteiger charge is 2.15. The minimum atomic E-state index is 0.811. The van der Waals surface area contributed by atoms with Crippen molar-refractivity contribution in [1.29, 1.82) is 0 Å². The zero-order valence-corrected chi connectivity index (χ0v) is 7.63. The lowest BCUT2D eigenvalue weighted by Crippen LogP contribution is -2.29. The van der Waals surface area contributed by atoms with Crippen LogP contribution in [0.3, 0.4) is 0 Å². The van der Waals surface area contributed by atoms with Crippen molar-refractivity contribution in [3.63, 3.8) is 0 Å². The van der Waals surface area contributed by atoms with E-state index >= 15 is 0 Å².